The van der Waals surface area contributed by atoms with Crippen LogP contribution in [0.5, 0.6) is 0 Å². The van der Waals surface area contributed by atoms with E-state index >= 15 is 0 Å². The summed E-state index contributed by atoms with van der Waals surface area (Å²) in [6, 6.07) is 7.17. The lowest BCUT2D eigenvalue weighted by Crippen LogP contribution is -2.48. The normalized spacial score (nSPS) is 17.0. The minimum absolute atomic E-state index is 0.188. The summed E-state index contributed by atoms with van der Waals surface area (Å²) in [6.07, 6.45) is 4.39. The Labute approximate surface area is 145 Å². The van der Waals surface area contributed by atoms with Gasteiger partial charge in [-0.3, -0.25) is 4.99 Å². The number of guanidine groups is 1. The second kappa shape index (κ2) is 10.3. The van der Waals surface area contributed by atoms with Crippen molar-refractivity contribution in [2.24, 2.45) is 4.99 Å². The molecule has 0 aliphatic carbocycles. The Morgan fingerprint density at radius 1 is 1.21 bits per heavy atom. The molecule has 1 aromatic carbocycles. The Kier molecular flexibility index (Phi) is 8.02. The third kappa shape index (κ3) is 6.48. The van der Waals surface area contributed by atoms with E-state index in [2.05, 4.69) is 34.4 Å². The van der Waals surface area contributed by atoms with Crippen LogP contribution < -0.4 is 10.6 Å². The lowest BCUT2D eigenvalue weighted by atomic mass is 10.1. The molecule has 0 bridgehead atoms. The minimum Gasteiger partial charge on any atom is -0.357 e. The Hall–Kier alpha value is -1.62. The molecule has 0 unspecified atom stereocenters. The maximum atomic E-state index is 12.9. The van der Waals surface area contributed by atoms with Gasteiger partial charge in [0.2, 0.25) is 0 Å². The van der Waals surface area contributed by atoms with Crippen LogP contribution >= 0.6 is 0 Å². The number of rotatable bonds is 7. The number of nitrogens with one attached hydrogen (secondary N) is 2. The van der Waals surface area contributed by atoms with Gasteiger partial charge in [-0.25, -0.2) is 4.39 Å². The first-order valence-electron chi connectivity index (χ1n) is 9.23. The lowest BCUT2D eigenvalue weighted by molar-refractivity contribution is 0.206. The molecule has 2 N–H and O–H groups in total. The molecule has 0 aromatic heterocycles. The molecule has 1 heterocycles. The summed E-state index contributed by atoms with van der Waals surface area (Å²) < 4.78 is 12.9. The fourth-order valence-corrected chi connectivity index (χ4v) is 3.08. The molecule has 1 fully saturated rings. The number of benzene rings is 1. The number of aliphatic imine (C=N–C) groups is 1. The third-order valence-electron chi connectivity index (χ3n) is 4.40. The van der Waals surface area contributed by atoms with Gasteiger partial charge < -0.3 is 15.5 Å². The molecule has 134 valence electrons. The third-order valence-corrected chi connectivity index (χ3v) is 4.40. The molecular formula is C19H31FN4. The maximum absolute atomic E-state index is 12.9. The largest absolute Gasteiger partial charge is 0.357 e. The Morgan fingerprint density at radius 2 is 1.92 bits per heavy atom. The van der Waals surface area contributed by atoms with Crippen molar-refractivity contribution in [1.82, 2.24) is 15.5 Å². The molecule has 1 saturated heterocycles. The van der Waals surface area contributed by atoms with E-state index in [1.54, 1.807) is 0 Å². The molecule has 5 heteroatoms. The van der Waals surface area contributed by atoms with Crippen molar-refractivity contribution >= 4 is 5.96 Å². The van der Waals surface area contributed by atoms with Crippen molar-refractivity contribution in [3.8, 4) is 0 Å². The zero-order valence-electron chi connectivity index (χ0n) is 15.0. The van der Waals surface area contributed by atoms with Gasteiger partial charge in [0.05, 0.1) is 0 Å². The molecule has 0 atom stereocenters. The number of hydrogen-bond acceptors (Lipinski definition) is 2. The van der Waals surface area contributed by atoms with E-state index in [0.717, 1.165) is 24.5 Å². The maximum Gasteiger partial charge on any atom is 0.191 e. The Morgan fingerprint density at radius 3 is 2.54 bits per heavy atom. The second-order valence-corrected chi connectivity index (χ2v) is 6.40. The molecule has 1 aliphatic heterocycles. The van der Waals surface area contributed by atoms with Crippen LogP contribution in [0.4, 0.5) is 4.39 Å². The van der Waals surface area contributed by atoms with Gasteiger partial charge in [0, 0.05) is 32.2 Å². The lowest BCUT2D eigenvalue weighted by Gasteiger charge is -2.32. The van der Waals surface area contributed by atoms with Gasteiger partial charge in [0.15, 0.2) is 5.96 Å². The standard InChI is InChI=1S/C19H31FN4/c1-3-13-24-14-10-18(11-15-24)23-19(21-4-2)22-12-9-16-5-7-17(20)8-6-16/h5-8,18H,3-4,9-15H2,1-2H3,(H2,21,22,23). The average Bonchev–Trinajstić information content (AvgIpc) is 2.59. The predicted octanol–water partition coefficient (Wildman–Crippen LogP) is 2.80. The van der Waals surface area contributed by atoms with Crippen molar-refractivity contribution in [3.63, 3.8) is 0 Å². The van der Waals surface area contributed by atoms with Gasteiger partial charge in [-0.1, -0.05) is 19.1 Å². The van der Waals surface area contributed by atoms with Crippen molar-refractivity contribution in [1.29, 1.82) is 0 Å². The fraction of sp³-hybridized carbons (Fsp3) is 0.632. The first-order valence-corrected chi connectivity index (χ1v) is 9.23. The summed E-state index contributed by atoms with van der Waals surface area (Å²) in [5, 5.41) is 6.89. The van der Waals surface area contributed by atoms with Crippen molar-refractivity contribution < 1.29 is 4.39 Å². The van der Waals surface area contributed by atoms with Gasteiger partial charge in [0.1, 0.15) is 5.82 Å². The SMILES string of the molecule is CCCN1CCC(NC(=NCCc2ccc(F)cc2)NCC)CC1. The van der Waals surface area contributed by atoms with Crippen molar-refractivity contribution in [3.05, 3.63) is 35.6 Å². The first-order chi connectivity index (χ1) is 11.7. The number of piperidine rings is 1. The number of hydrogen-bond donors (Lipinski definition) is 2. The van der Waals surface area contributed by atoms with E-state index in [0.29, 0.717) is 12.6 Å². The van der Waals surface area contributed by atoms with E-state index in [4.69, 9.17) is 0 Å². The highest BCUT2D eigenvalue weighted by Crippen LogP contribution is 2.10. The van der Waals surface area contributed by atoms with Crippen LogP contribution in [-0.4, -0.2) is 49.6 Å². The summed E-state index contributed by atoms with van der Waals surface area (Å²) in [6.45, 7) is 9.43. The van der Waals surface area contributed by atoms with E-state index in [-0.39, 0.29) is 5.82 Å². The number of nitrogens with zero attached hydrogens (tertiary/aromatic N) is 2. The first kappa shape index (κ1) is 18.7. The van der Waals surface area contributed by atoms with Crippen LogP contribution in [0.2, 0.25) is 0 Å². The quantitative estimate of drug-likeness (QED) is 0.595. The summed E-state index contributed by atoms with van der Waals surface area (Å²) in [5.41, 5.74) is 1.11. The minimum atomic E-state index is -0.188. The Balaban J connectivity index is 1.79. The molecule has 2 rings (SSSR count). The molecule has 24 heavy (non-hydrogen) atoms. The van der Waals surface area contributed by atoms with Crippen LogP contribution in [-0.2, 0) is 6.42 Å². The molecule has 1 aliphatic rings. The van der Waals surface area contributed by atoms with E-state index < -0.39 is 0 Å². The molecule has 1 aromatic rings. The van der Waals surface area contributed by atoms with E-state index in [1.807, 2.05) is 12.1 Å². The van der Waals surface area contributed by atoms with E-state index in [1.165, 1.54) is 51.0 Å². The van der Waals surface area contributed by atoms with Crippen LogP contribution in [0.25, 0.3) is 0 Å². The zero-order chi connectivity index (χ0) is 17.2. The highest BCUT2D eigenvalue weighted by molar-refractivity contribution is 5.80. The summed E-state index contributed by atoms with van der Waals surface area (Å²) in [4.78, 5) is 7.21. The average molecular weight is 334 g/mol. The zero-order valence-corrected chi connectivity index (χ0v) is 15.0. The molecule has 0 amide bonds. The van der Waals surface area contributed by atoms with Crippen LogP contribution in [0.15, 0.2) is 29.3 Å². The van der Waals surface area contributed by atoms with Gasteiger partial charge in [-0.15, -0.1) is 0 Å². The van der Waals surface area contributed by atoms with Crippen molar-refractivity contribution in [2.45, 2.75) is 45.6 Å². The topological polar surface area (TPSA) is 39.7 Å². The highest BCUT2D eigenvalue weighted by atomic mass is 19.1. The monoisotopic (exact) mass is 334 g/mol. The fourth-order valence-electron chi connectivity index (χ4n) is 3.08. The van der Waals surface area contributed by atoms with Gasteiger partial charge in [-0.05, 0) is 56.8 Å². The summed E-state index contributed by atoms with van der Waals surface area (Å²) in [7, 11) is 0. The van der Waals surface area contributed by atoms with E-state index in [9.17, 15) is 4.39 Å². The van der Waals surface area contributed by atoms with Crippen LogP contribution in [0.3, 0.4) is 0 Å². The molecule has 0 radical (unpaired) electrons. The van der Waals surface area contributed by atoms with Crippen molar-refractivity contribution in [2.75, 3.05) is 32.7 Å². The summed E-state index contributed by atoms with van der Waals surface area (Å²) in [5.74, 6) is 0.709. The second-order valence-electron chi connectivity index (χ2n) is 6.40. The Bertz CT molecular complexity index is 493. The molecular weight excluding hydrogens is 303 g/mol. The summed E-state index contributed by atoms with van der Waals surface area (Å²) >= 11 is 0. The smallest absolute Gasteiger partial charge is 0.191 e. The number of halogens is 1. The van der Waals surface area contributed by atoms with Gasteiger partial charge in [0.25, 0.3) is 0 Å². The van der Waals surface area contributed by atoms with Crippen LogP contribution in [0, 0.1) is 5.82 Å². The molecule has 4 nitrogen and oxygen atoms in total. The van der Waals surface area contributed by atoms with Gasteiger partial charge in [-0.2, -0.15) is 0 Å². The number of likely N-dealkylation sites (tertiary alicyclic amines) is 1. The molecule has 0 spiro atoms. The van der Waals surface area contributed by atoms with Gasteiger partial charge >= 0.3 is 0 Å². The highest BCUT2D eigenvalue weighted by Gasteiger charge is 2.19. The molecule has 0 saturated carbocycles. The van der Waals surface area contributed by atoms with Crippen LogP contribution in [0.1, 0.15) is 38.7 Å². The predicted molar refractivity (Wildman–Crippen MR) is 99.0 cm³/mol.